The molecule has 0 radical (unpaired) electrons. The van der Waals surface area contributed by atoms with Crippen molar-refractivity contribution in [2.45, 2.75) is 12.8 Å². The van der Waals surface area contributed by atoms with Gasteiger partial charge in [0.15, 0.2) is 10.8 Å². The molecule has 86 valence electrons. The topological polar surface area (TPSA) is 95.2 Å². The zero-order valence-electron chi connectivity index (χ0n) is 9.67. The van der Waals surface area contributed by atoms with E-state index in [9.17, 15) is 21.0 Å². The molecule has 0 aromatic heterocycles. The second kappa shape index (κ2) is 4.03. The van der Waals surface area contributed by atoms with Gasteiger partial charge in [0.25, 0.3) is 0 Å². The summed E-state index contributed by atoms with van der Waals surface area (Å²) < 4.78 is 0. The van der Waals surface area contributed by atoms with Crippen molar-refractivity contribution >= 4 is 0 Å². The molecular formula is C14H10N4. The van der Waals surface area contributed by atoms with Crippen molar-refractivity contribution in [3.05, 3.63) is 24.3 Å². The smallest absolute Gasteiger partial charge is 0.181 e. The Balaban J connectivity index is 2.72. The average molecular weight is 234 g/mol. The number of hydrogen-bond donors (Lipinski definition) is 0. The Bertz CT molecular complexity index is 557. The molecule has 0 spiro atoms. The summed E-state index contributed by atoms with van der Waals surface area (Å²) in [5.74, 6) is -0.625. The second-order valence-electron chi connectivity index (χ2n) is 4.65. The molecule has 4 nitrogen and oxygen atoms in total. The summed E-state index contributed by atoms with van der Waals surface area (Å²) in [4.78, 5) is 0. The Morgan fingerprint density at radius 3 is 2.06 bits per heavy atom. The first-order chi connectivity index (χ1) is 8.70. The van der Waals surface area contributed by atoms with E-state index in [4.69, 9.17) is 0 Å². The fraction of sp³-hybridized carbons (Fsp3) is 0.429. The quantitative estimate of drug-likeness (QED) is 0.641. The fourth-order valence-electron chi connectivity index (χ4n) is 3.04. The highest BCUT2D eigenvalue weighted by molar-refractivity contribution is 5.42. The molecule has 2 bridgehead atoms. The lowest BCUT2D eigenvalue weighted by Crippen LogP contribution is -2.40. The minimum atomic E-state index is -1.57. The van der Waals surface area contributed by atoms with Crippen LogP contribution in [0.15, 0.2) is 24.3 Å². The largest absolute Gasteiger partial charge is 0.196 e. The SMILES string of the molecule is N#CC1(C#N)[C@H]2CC=CC=C[C@@H](C2)C1(C#N)C#N. The maximum absolute atomic E-state index is 9.42. The van der Waals surface area contributed by atoms with Gasteiger partial charge in [0.2, 0.25) is 0 Å². The molecule has 0 unspecified atom stereocenters. The molecule has 0 amide bonds. The van der Waals surface area contributed by atoms with Crippen molar-refractivity contribution in [1.29, 1.82) is 21.0 Å². The van der Waals surface area contributed by atoms with Gasteiger partial charge < -0.3 is 0 Å². The van der Waals surface area contributed by atoms with E-state index in [0.29, 0.717) is 12.8 Å². The van der Waals surface area contributed by atoms with Crippen molar-refractivity contribution in [1.82, 2.24) is 0 Å². The highest BCUT2D eigenvalue weighted by atomic mass is 14.7. The molecule has 0 heterocycles. The maximum Gasteiger partial charge on any atom is 0.181 e. The lowest BCUT2D eigenvalue weighted by Gasteiger charge is -2.29. The van der Waals surface area contributed by atoms with Crippen molar-refractivity contribution in [2.24, 2.45) is 22.7 Å². The Labute approximate surface area is 106 Å². The minimum Gasteiger partial charge on any atom is -0.196 e. The van der Waals surface area contributed by atoms with Crippen LogP contribution in [0.4, 0.5) is 0 Å². The zero-order chi connectivity index (χ0) is 13.2. The van der Waals surface area contributed by atoms with E-state index in [2.05, 4.69) is 0 Å². The molecule has 4 heteroatoms. The predicted octanol–water partition coefficient (Wildman–Crippen LogP) is 2.21. The van der Waals surface area contributed by atoms with Crippen LogP contribution in [-0.4, -0.2) is 0 Å². The highest BCUT2D eigenvalue weighted by Gasteiger charge is 2.67. The number of hydrogen-bond acceptors (Lipinski definition) is 4. The lowest BCUT2D eigenvalue weighted by molar-refractivity contribution is 0.266. The van der Waals surface area contributed by atoms with Crippen molar-refractivity contribution in [3.63, 3.8) is 0 Å². The Morgan fingerprint density at radius 2 is 1.50 bits per heavy atom. The van der Waals surface area contributed by atoms with Gasteiger partial charge in [0.05, 0.1) is 24.3 Å². The summed E-state index contributed by atoms with van der Waals surface area (Å²) in [5, 5.41) is 37.7. The molecule has 0 aromatic carbocycles. The van der Waals surface area contributed by atoms with Crippen LogP contribution in [0.1, 0.15) is 12.8 Å². The summed E-state index contributed by atoms with van der Waals surface area (Å²) in [6.45, 7) is 0. The predicted molar refractivity (Wildman–Crippen MR) is 61.8 cm³/mol. The summed E-state index contributed by atoms with van der Waals surface area (Å²) in [6.07, 6.45) is 8.35. The van der Waals surface area contributed by atoms with E-state index in [0.717, 1.165) is 0 Å². The number of allylic oxidation sites excluding steroid dienone is 4. The first-order valence-corrected chi connectivity index (χ1v) is 5.69. The van der Waals surface area contributed by atoms with E-state index in [1.807, 2.05) is 36.4 Å². The fourth-order valence-corrected chi connectivity index (χ4v) is 3.04. The number of nitriles is 4. The normalized spacial score (nSPS) is 30.0. The van der Waals surface area contributed by atoms with Gasteiger partial charge in [-0.05, 0) is 18.8 Å². The van der Waals surface area contributed by atoms with Crippen LogP contribution in [0.2, 0.25) is 0 Å². The lowest BCUT2D eigenvalue weighted by atomic mass is 9.62. The zero-order valence-corrected chi connectivity index (χ0v) is 9.67. The summed E-state index contributed by atoms with van der Waals surface area (Å²) in [6, 6.07) is 7.87. The molecule has 0 saturated heterocycles. The molecule has 2 aliphatic rings. The monoisotopic (exact) mass is 234 g/mol. The standard InChI is InChI=1S/C14H10N4/c15-7-13(8-16)11-4-2-1-3-5-12(6-11)14(13,9-17)10-18/h1-4,11-12H,5-6H2/t11-,12-/m0/s1. The van der Waals surface area contributed by atoms with Crippen molar-refractivity contribution in [3.8, 4) is 24.3 Å². The van der Waals surface area contributed by atoms with Crippen LogP contribution in [0.5, 0.6) is 0 Å². The molecule has 0 aromatic rings. The number of fused-ring (bicyclic) bond motifs is 2. The Hall–Kier alpha value is -2.56. The minimum absolute atomic E-state index is 0.266. The number of rotatable bonds is 0. The van der Waals surface area contributed by atoms with Crippen LogP contribution in [0, 0.1) is 68.0 Å². The van der Waals surface area contributed by atoms with Gasteiger partial charge in [0, 0.05) is 5.92 Å². The Morgan fingerprint density at radius 1 is 0.889 bits per heavy atom. The highest BCUT2D eigenvalue weighted by Crippen LogP contribution is 2.60. The first-order valence-electron chi connectivity index (χ1n) is 5.69. The summed E-state index contributed by atoms with van der Waals surface area (Å²) in [7, 11) is 0. The van der Waals surface area contributed by atoms with Crippen LogP contribution >= 0.6 is 0 Å². The molecular weight excluding hydrogens is 224 g/mol. The molecule has 0 aliphatic heterocycles. The van der Waals surface area contributed by atoms with Gasteiger partial charge in [0.1, 0.15) is 0 Å². The van der Waals surface area contributed by atoms with Gasteiger partial charge in [-0.15, -0.1) is 0 Å². The first kappa shape index (κ1) is 11.9. The van der Waals surface area contributed by atoms with E-state index in [1.165, 1.54) is 0 Å². The van der Waals surface area contributed by atoms with Crippen LogP contribution in [-0.2, 0) is 0 Å². The van der Waals surface area contributed by atoms with Crippen LogP contribution in [0.25, 0.3) is 0 Å². The third-order valence-corrected chi connectivity index (χ3v) is 4.05. The molecule has 0 N–H and O–H groups in total. The van der Waals surface area contributed by atoms with Gasteiger partial charge in [-0.1, -0.05) is 24.3 Å². The second-order valence-corrected chi connectivity index (χ2v) is 4.65. The van der Waals surface area contributed by atoms with E-state index in [1.54, 1.807) is 12.2 Å². The van der Waals surface area contributed by atoms with Crippen LogP contribution < -0.4 is 0 Å². The maximum atomic E-state index is 9.42. The van der Waals surface area contributed by atoms with Crippen LogP contribution in [0.3, 0.4) is 0 Å². The molecule has 18 heavy (non-hydrogen) atoms. The molecule has 2 rings (SSSR count). The van der Waals surface area contributed by atoms with Crippen molar-refractivity contribution in [2.75, 3.05) is 0 Å². The van der Waals surface area contributed by atoms with Gasteiger partial charge in [-0.25, -0.2) is 0 Å². The average Bonchev–Trinajstić information content (AvgIpc) is 2.67. The molecule has 2 atom stereocenters. The van der Waals surface area contributed by atoms with Gasteiger partial charge in [-0.2, -0.15) is 21.0 Å². The van der Waals surface area contributed by atoms with E-state index >= 15 is 0 Å². The molecule has 1 fully saturated rings. The third kappa shape index (κ3) is 1.15. The third-order valence-electron chi connectivity index (χ3n) is 4.05. The Kier molecular flexibility index (Phi) is 2.67. The molecule has 2 aliphatic carbocycles. The number of nitrogens with zero attached hydrogens (tertiary/aromatic N) is 4. The summed E-state index contributed by atoms with van der Waals surface area (Å²) in [5.41, 5.74) is -3.11. The summed E-state index contributed by atoms with van der Waals surface area (Å²) >= 11 is 0. The van der Waals surface area contributed by atoms with E-state index < -0.39 is 10.8 Å². The van der Waals surface area contributed by atoms with Gasteiger partial charge in [-0.3, -0.25) is 0 Å². The van der Waals surface area contributed by atoms with Gasteiger partial charge >= 0.3 is 0 Å². The van der Waals surface area contributed by atoms with Crippen molar-refractivity contribution < 1.29 is 0 Å². The van der Waals surface area contributed by atoms with E-state index in [-0.39, 0.29) is 11.8 Å². The molecule has 1 saturated carbocycles.